The first-order chi connectivity index (χ1) is 14.9. The van der Waals surface area contributed by atoms with Gasteiger partial charge in [-0.1, -0.05) is 5.18 Å². The van der Waals surface area contributed by atoms with Gasteiger partial charge < -0.3 is 25.4 Å². The fourth-order valence-electron chi connectivity index (χ4n) is 2.83. The fraction of sp³-hybridized carbons (Fsp3) is 0.579. The van der Waals surface area contributed by atoms with E-state index < -0.39 is 48.4 Å². The fourth-order valence-corrected chi connectivity index (χ4v) is 2.83. The van der Waals surface area contributed by atoms with Crippen LogP contribution in [0.5, 0.6) is 0 Å². The molecule has 1 aliphatic heterocycles. The molecule has 1 aromatic carbocycles. The third-order valence-corrected chi connectivity index (χ3v) is 4.49. The van der Waals surface area contributed by atoms with Crippen molar-refractivity contribution in [1.29, 1.82) is 0 Å². The monoisotopic (exact) mass is 463 g/mol. The molecule has 3 unspecified atom stereocenters. The van der Waals surface area contributed by atoms with Crippen LogP contribution >= 0.6 is 0 Å². The number of amides is 1. The largest absolute Gasteiger partial charge is 0.414 e. The van der Waals surface area contributed by atoms with Gasteiger partial charge in [0.1, 0.15) is 11.9 Å². The minimum atomic E-state index is -4.83. The normalized spacial score (nSPS) is 20.5. The molecule has 1 amide bonds. The first-order valence-corrected chi connectivity index (χ1v) is 9.70. The van der Waals surface area contributed by atoms with Crippen molar-refractivity contribution >= 4 is 11.9 Å². The maximum atomic E-state index is 13.1. The topological polar surface area (TPSA) is 113 Å². The molecule has 3 atom stereocenters. The third kappa shape index (κ3) is 7.80. The molecule has 2 rings (SSSR count). The second kappa shape index (κ2) is 10.8. The molecule has 0 aromatic heterocycles. The van der Waals surface area contributed by atoms with Gasteiger partial charge in [0, 0.05) is 18.5 Å². The number of carbonyl (C=O) groups excluding carboxylic acids is 1. The lowest BCUT2D eigenvalue weighted by Gasteiger charge is -2.24. The Morgan fingerprint density at radius 2 is 1.94 bits per heavy atom. The molecule has 1 fully saturated rings. The summed E-state index contributed by atoms with van der Waals surface area (Å²) in [5.74, 6) is -2.28. The van der Waals surface area contributed by atoms with Gasteiger partial charge in [0.2, 0.25) is 5.96 Å². The average molecular weight is 463 g/mol. The predicted octanol–water partition coefficient (Wildman–Crippen LogP) is 2.29. The molecule has 9 nitrogen and oxygen atoms in total. The molecule has 1 heterocycles. The highest BCUT2D eigenvalue weighted by molar-refractivity contribution is 6.02. The number of aliphatic imine (C=N–C) groups is 1. The molecule has 0 bridgehead atoms. The lowest BCUT2D eigenvalue weighted by Crippen LogP contribution is -2.53. The Morgan fingerprint density at radius 1 is 1.28 bits per heavy atom. The highest BCUT2D eigenvalue weighted by atomic mass is 19.4. The van der Waals surface area contributed by atoms with Gasteiger partial charge in [-0.15, -0.1) is 0 Å². The molecular formula is C19H25F4N5O4. The SMILES string of the molecule is CNC(CC(N=O)C(F)(F)F)N/C(=N\C(=O)c1ccc(F)cc1)NCC1COC(C)(C)O1. The van der Waals surface area contributed by atoms with E-state index in [2.05, 4.69) is 26.1 Å². The second-order valence-electron chi connectivity index (χ2n) is 7.49. The number of nitrogens with zero attached hydrogens (tertiary/aromatic N) is 2. The molecule has 3 N–H and O–H groups in total. The Bertz CT molecular complexity index is 817. The summed E-state index contributed by atoms with van der Waals surface area (Å²) in [5, 5.41) is 10.2. The van der Waals surface area contributed by atoms with Gasteiger partial charge >= 0.3 is 6.18 Å². The summed E-state index contributed by atoms with van der Waals surface area (Å²) in [5.41, 5.74) is 0.0674. The van der Waals surface area contributed by atoms with Crippen molar-refractivity contribution < 1.29 is 31.8 Å². The minimum absolute atomic E-state index is 0.0674. The van der Waals surface area contributed by atoms with E-state index in [1.54, 1.807) is 13.8 Å². The zero-order valence-corrected chi connectivity index (χ0v) is 17.7. The van der Waals surface area contributed by atoms with Crippen LogP contribution in [0.4, 0.5) is 17.6 Å². The highest BCUT2D eigenvalue weighted by Crippen LogP contribution is 2.26. The lowest BCUT2D eigenvalue weighted by molar-refractivity contribution is -0.150. The molecule has 1 aromatic rings. The number of ether oxygens (including phenoxy) is 2. The van der Waals surface area contributed by atoms with Gasteiger partial charge in [0.15, 0.2) is 11.8 Å². The molecule has 32 heavy (non-hydrogen) atoms. The number of carbonyl (C=O) groups is 1. The molecular weight excluding hydrogens is 438 g/mol. The first kappa shape index (κ1) is 25.6. The molecule has 0 saturated carbocycles. The van der Waals surface area contributed by atoms with Gasteiger partial charge in [-0.05, 0) is 45.2 Å². The zero-order valence-electron chi connectivity index (χ0n) is 17.7. The number of alkyl halides is 3. The van der Waals surface area contributed by atoms with Gasteiger partial charge in [0.25, 0.3) is 5.91 Å². The molecule has 1 aliphatic rings. The summed E-state index contributed by atoms with van der Waals surface area (Å²) < 4.78 is 63.0. The maximum Gasteiger partial charge on any atom is 0.414 e. The third-order valence-electron chi connectivity index (χ3n) is 4.49. The summed E-state index contributed by atoms with van der Waals surface area (Å²) in [4.78, 5) is 27.0. The molecule has 178 valence electrons. The standard InChI is InChI=1S/C19H25F4N5O4/c1-18(2)31-10-13(32-18)9-25-17(27-16(29)11-4-6-12(20)7-5-11)26-15(24-3)8-14(28-30)19(21,22)23/h4-7,13-15,24H,8-10H2,1-3H3,(H2,25,26,27,29). The average Bonchev–Trinajstić information content (AvgIpc) is 3.07. The van der Waals surface area contributed by atoms with Crippen LogP contribution in [0.2, 0.25) is 0 Å². The Morgan fingerprint density at radius 3 is 2.44 bits per heavy atom. The van der Waals surface area contributed by atoms with Crippen LogP contribution in [0.15, 0.2) is 34.4 Å². The van der Waals surface area contributed by atoms with Gasteiger partial charge in [0.05, 0.1) is 12.8 Å². The van der Waals surface area contributed by atoms with E-state index in [1.165, 1.54) is 19.2 Å². The van der Waals surface area contributed by atoms with Crippen LogP contribution in [0, 0.1) is 10.7 Å². The molecule has 1 saturated heterocycles. The van der Waals surface area contributed by atoms with Crippen LogP contribution < -0.4 is 16.0 Å². The summed E-state index contributed by atoms with van der Waals surface area (Å²) in [7, 11) is 1.37. The van der Waals surface area contributed by atoms with Crippen LogP contribution in [0.1, 0.15) is 30.6 Å². The number of hydrogen-bond donors (Lipinski definition) is 3. The zero-order chi connectivity index (χ0) is 23.9. The summed E-state index contributed by atoms with van der Waals surface area (Å²) in [6.45, 7) is 3.81. The summed E-state index contributed by atoms with van der Waals surface area (Å²) in [6.07, 6.45) is -7.09. The Hall–Kier alpha value is -2.64. The van der Waals surface area contributed by atoms with E-state index in [0.29, 0.717) is 0 Å². The van der Waals surface area contributed by atoms with E-state index in [0.717, 1.165) is 12.1 Å². The number of nitroso groups, excluding NO2 is 1. The van der Waals surface area contributed by atoms with E-state index in [9.17, 15) is 27.3 Å². The number of nitrogens with one attached hydrogen (secondary N) is 3. The van der Waals surface area contributed by atoms with Crippen molar-refractivity contribution in [2.24, 2.45) is 10.2 Å². The van der Waals surface area contributed by atoms with Gasteiger partial charge in [-0.2, -0.15) is 23.1 Å². The Balaban J connectivity index is 2.16. The maximum absolute atomic E-state index is 13.1. The Kier molecular flexibility index (Phi) is 8.64. The van der Waals surface area contributed by atoms with Crippen molar-refractivity contribution in [2.75, 3.05) is 20.2 Å². The number of hydrogen-bond acceptors (Lipinski definition) is 6. The van der Waals surface area contributed by atoms with Crippen LogP contribution in [-0.2, 0) is 9.47 Å². The predicted molar refractivity (Wildman–Crippen MR) is 107 cm³/mol. The lowest BCUT2D eigenvalue weighted by atomic mass is 10.1. The van der Waals surface area contributed by atoms with Crippen LogP contribution in [0.25, 0.3) is 0 Å². The van der Waals surface area contributed by atoms with E-state index >= 15 is 0 Å². The summed E-state index contributed by atoms with van der Waals surface area (Å²) in [6, 6.07) is 2.14. The van der Waals surface area contributed by atoms with Crippen molar-refractivity contribution in [3.05, 3.63) is 40.6 Å². The number of halogens is 4. The number of guanidine groups is 1. The van der Waals surface area contributed by atoms with E-state index in [4.69, 9.17) is 9.47 Å². The van der Waals surface area contributed by atoms with Crippen LogP contribution in [-0.4, -0.2) is 62.3 Å². The molecule has 13 heteroatoms. The number of rotatable bonds is 8. The smallest absolute Gasteiger partial charge is 0.353 e. The number of benzene rings is 1. The summed E-state index contributed by atoms with van der Waals surface area (Å²) >= 11 is 0. The van der Waals surface area contributed by atoms with Crippen molar-refractivity contribution in [2.45, 2.75) is 50.5 Å². The first-order valence-electron chi connectivity index (χ1n) is 9.70. The van der Waals surface area contributed by atoms with Crippen molar-refractivity contribution in [3.63, 3.8) is 0 Å². The molecule has 0 radical (unpaired) electrons. The van der Waals surface area contributed by atoms with E-state index in [-0.39, 0.29) is 24.7 Å². The quantitative estimate of drug-likeness (QED) is 0.178. The second-order valence-corrected chi connectivity index (χ2v) is 7.49. The highest BCUT2D eigenvalue weighted by Gasteiger charge is 2.42. The molecule has 0 aliphatic carbocycles. The van der Waals surface area contributed by atoms with Crippen molar-refractivity contribution in [1.82, 2.24) is 16.0 Å². The van der Waals surface area contributed by atoms with Gasteiger partial charge in [-0.3, -0.25) is 4.79 Å². The van der Waals surface area contributed by atoms with Gasteiger partial charge in [-0.25, -0.2) is 4.39 Å². The molecule has 0 spiro atoms. The van der Waals surface area contributed by atoms with Crippen LogP contribution in [0.3, 0.4) is 0 Å². The van der Waals surface area contributed by atoms with E-state index in [1.807, 2.05) is 0 Å². The minimum Gasteiger partial charge on any atom is -0.353 e. The Labute approximate surface area is 181 Å². The van der Waals surface area contributed by atoms with Crippen molar-refractivity contribution in [3.8, 4) is 0 Å².